The summed E-state index contributed by atoms with van der Waals surface area (Å²) < 4.78 is 0. The first-order chi connectivity index (χ1) is 9.03. The molecule has 0 radical (unpaired) electrons. The van der Waals surface area contributed by atoms with Crippen LogP contribution in [0.2, 0.25) is 0 Å². The summed E-state index contributed by atoms with van der Waals surface area (Å²) >= 11 is 3.29. The molecule has 1 rings (SSSR count). The Morgan fingerprint density at radius 3 is 2.74 bits per heavy atom. The SMILES string of the molecule is CCN(CC(C)C#N)c1ccc(CBr)cc1[N+](=O)[O-]. The van der Waals surface area contributed by atoms with E-state index in [-0.39, 0.29) is 16.5 Å². The van der Waals surface area contributed by atoms with Crippen molar-refractivity contribution < 1.29 is 4.92 Å². The number of nitro benzene ring substituents is 1. The third-order valence-corrected chi connectivity index (χ3v) is 3.48. The van der Waals surface area contributed by atoms with Crippen molar-refractivity contribution in [3.05, 3.63) is 33.9 Å². The minimum atomic E-state index is -0.374. The van der Waals surface area contributed by atoms with Crippen LogP contribution in [-0.2, 0) is 5.33 Å². The van der Waals surface area contributed by atoms with Crippen LogP contribution < -0.4 is 4.90 Å². The molecule has 102 valence electrons. The molecule has 0 saturated heterocycles. The Bertz CT molecular complexity index is 499. The number of nitriles is 1. The highest BCUT2D eigenvalue weighted by molar-refractivity contribution is 9.08. The molecule has 1 unspecified atom stereocenters. The lowest BCUT2D eigenvalue weighted by Gasteiger charge is -2.24. The molecule has 6 heteroatoms. The van der Waals surface area contributed by atoms with Crippen molar-refractivity contribution in [1.82, 2.24) is 0 Å². The first kappa shape index (κ1) is 15.4. The fourth-order valence-corrected chi connectivity index (χ4v) is 2.18. The Morgan fingerprint density at radius 1 is 1.58 bits per heavy atom. The zero-order valence-electron chi connectivity index (χ0n) is 11.0. The Labute approximate surface area is 121 Å². The second-order valence-electron chi connectivity index (χ2n) is 4.28. The normalized spacial score (nSPS) is 11.7. The molecule has 19 heavy (non-hydrogen) atoms. The minimum absolute atomic E-state index is 0.0870. The predicted molar refractivity (Wildman–Crippen MR) is 78.4 cm³/mol. The first-order valence-electron chi connectivity index (χ1n) is 6.01. The van der Waals surface area contributed by atoms with Gasteiger partial charge in [0.05, 0.1) is 16.9 Å². The van der Waals surface area contributed by atoms with E-state index in [4.69, 9.17) is 5.26 Å². The van der Waals surface area contributed by atoms with E-state index < -0.39 is 0 Å². The summed E-state index contributed by atoms with van der Waals surface area (Å²) in [7, 11) is 0. The van der Waals surface area contributed by atoms with Crippen LogP contribution in [0.1, 0.15) is 19.4 Å². The number of nitrogens with zero attached hydrogens (tertiary/aromatic N) is 3. The van der Waals surface area contributed by atoms with E-state index in [1.165, 1.54) is 0 Å². The molecule has 0 aliphatic heterocycles. The van der Waals surface area contributed by atoms with Crippen molar-refractivity contribution in [1.29, 1.82) is 5.26 Å². The number of hydrogen-bond acceptors (Lipinski definition) is 4. The van der Waals surface area contributed by atoms with E-state index >= 15 is 0 Å². The monoisotopic (exact) mass is 325 g/mol. The lowest BCUT2D eigenvalue weighted by atomic mass is 10.1. The van der Waals surface area contributed by atoms with E-state index in [1.807, 2.05) is 17.9 Å². The Hall–Kier alpha value is -1.61. The number of anilines is 1. The van der Waals surface area contributed by atoms with Crippen LogP contribution in [0.4, 0.5) is 11.4 Å². The second kappa shape index (κ2) is 7.10. The van der Waals surface area contributed by atoms with Gasteiger partial charge in [-0.1, -0.05) is 22.0 Å². The smallest absolute Gasteiger partial charge is 0.292 e. The molecule has 1 atom stereocenters. The van der Waals surface area contributed by atoms with E-state index in [9.17, 15) is 10.1 Å². The summed E-state index contributed by atoms with van der Waals surface area (Å²) in [4.78, 5) is 12.7. The Kier molecular flexibility index (Phi) is 5.77. The highest BCUT2D eigenvalue weighted by atomic mass is 79.9. The number of nitro groups is 1. The van der Waals surface area contributed by atoms with Gasteiger partial charge in [0.15, 0.2) is 0 Å². The van der Waals surface area contributed by atoms with E-state index in [0.29, 0.717) is 24.1 Å². The summed E-state index contributed by atoms with van der Waals surface area (Å²) in [6.07, 6.45) is 0. The largest absolute Gasteiger partial charge is 0.365 e. The molecule has 0 N–H and O–H groups in total. The van der Waals surface area contributed by atoms with Gasteiger partial charge in [-0.15, -0.1) is 0 Å². The summed E-state index contributed by atoms with van der Waals surface area (Å²) in [6, 6.07) is 7.34. The van der Waals surface area contributed by atoms with E-state index in [2.05, 4.69) is 22.0 Å². The van der Waals surface area contributed by atoms with Gasteiger partial charge in [-0.05, 0) is 25.5 Å². The van der Waals surface area contributed by atoms with Gasteiger partial charge >= 0.3 is 0 Å². The van der Waals surface area contributed by atoms with Crippen molar-refractivity contribution in [2.75, 3.05) is 18.0 Å². The molecule has 0 aromatic heterocycles. The van der Waals surface area contributed by atoms with Gasteiger partial charge < -0.3 is 4.90 Å². The number of alkyl halides is 1. The van der Waals surface area contributed by atoms with Crippen LogP contribution in [0.5, 0.6) is 0 Å². The van der Waals surface area contributed by atoms with Crippen LogP contribution in [0.25, 0.3) is 0 Å². The topological polar surface area (TPSA) is 70.2 Å². The fraction of sp³-hybridized carbons (Fsp3) is 0.462. The van der Waals surface area contributed by atoms with Crippen molar-refractivity contribution in [2.24, 2.45) is 5.92 Å². The first-order valence-corrected chi connectivity index (χ1v) is 7.13. The van der Waals surface area contributed by atoms with Gasteiger partial charge in [0.1, 0.15) is 5.69 Å². The van der Waals surface area contributed by atoms with Crippen molar-refractivity contribution in [3.63, 3.8) is 0 Å². The highest BCUT2D eigenvalue weighted by Crippen LogP contribution is 2.30. The summed E-state index contributed by atoms with van der Waals surface area (Å²) in [5.41, 5.74) is 1.52. The lowest BCUT2D eigenvalue weighted by Crippen LogP contribution is -2.28. The maximum Gasteiger partial charge on any atom is 0.292 e. The van der Waals surface area contributed by atoms with Crippen molar-refractivity contribution >= 4 is 27.3 Å². The third-order valence-electron chi connectivity index (χ3n) is 2.83. The molecule has 0 bridgehead atoms. The van der Waals surface area contributed by atoms with Crippen LogP contribution in [-0.4, -0.2) is 18.0 Å². The molecular weight excluding hydrogens is 310 g/mol. The van der Waals surface area contributed by atoms with Crippen LogP contribution >= 0.6 is 15.9 Å². The standard InChI is InChI=1S/C13H16BrN3O2/c1-3-16(9-10(2)8-15)12-5-4-11(7-14)6-13(12)17(18)19/h4-6,10H,3,7,9H2,1-2H3. The lowest BCUT2D eigenvalue weighted by molar-refractivity contribution is -0.384. The fourth-order valence-electron chi connectivity index (χ4n) is 1.83. The molecule has 0 aliphatic carbocycles. The van der Waals surface area contributed by atoms with Gasteiger partial charge in [0.2, 0.25) is 0 Å². The minimum Gasteiger partial charge on any atom is -0.365 e. The number of benzene rings is 1. The van der Waals surface area contributed by atoms with E-state index in [0.717, 1.165) is 5.56 Å². The van der Waals surface area contributed by atoms with Gasteiger partial charge in [-0.25, -0.2) is 0 Å². The molecule has 1 aromatic carbocycles. The highest BCUT2D eigenvalue weighted by Gasteiger charge is 2.20. The maximum absolute atomic E-state index is 11.2. The average Bonchev–Trinajstić information content (AvgIpc) is 2.43. The van der Waals surface area contributed by atoms with Crippen LogP contribution in [0.15, 0.2) is 18.2 Å². The molecule has 1 aromatic rings. The molecule has 0 spiro atoms. The molecule has 0 heterocycles. The average molecular weight is 326 g/mol. The molecular formula is C13H16BrN3O2. The number of rotatable bonds is 6. The molecule has 0 fully saturated rings. The van der Waals surface area contributed by atoms with Gasteiger partial charge in [0, 0.05) is 24.5 Å². The van der Waals surface area contributed by atoms with Gasteiger partial charge in [0.25, 0.3) is 5.69 Å². The predicted octanol–water partition coefficient (Wildman–Crippen LogP) is 3.48. The summed E-state index contributed by atoms with van der Waals surface area (Å²) in [6.45, 7) is 4.84. The zero-order valence-corrected chi connectivity index (χ0v) is 12.6. The quantitative estimate of drug-likeness (QED) is 0.456. The number of halogens is 1. The maximum atomic E-state index is 11.2. The third kappa shape index (κ3) is 3.93. The van der Waals surface area contributed by atoms with Crippen LogP contribution in [0.3, 0.4) is 0 Å². The molecule has 0 saturated carbocycles. The zero-order chi connectivity index (χ0) is 14.4. The van der Waals surface area contributed by atoms with Gasteiger partial charge in [-0.3, -0.25) is 10.1 Å². The molecule has 5 nitrogen and oxygen atoms in total. The Morgan fingerprint density at radius 2 is 2.26 bits per heavy atom. The molecule has 0 amide bonds. The Balaban J connectivity index is 3.16. The van der Waals surface area contributed by atoms with Gasteiger partial charge in [-0.2, -0.15) is 5.26 Å². The van der Waals surface area contributed by atoms with E-state index in [1.54, 1.807) is 19.1 Å². The number of hydrogen-bond donors (Lipinski definition) is 0. The van der Waals surface area contributed by atoms with Crippen molar-refractivity contribution in [2.45, 2.75) is 19.2 Å². The summed E-state index contributed by atoms with van der Waals surface area (Å²) in [5, 5.41) is 20.6. The molecule has 0 aliphatic rings. The van der Waals surface area contributed by atoms with Crippen LogP contribution in [0, 0.1) is 27.4 Å². The summed E-state index contributed by atoms with van der Waals surface area (Å²) in [5.74, 6) is -0.171. The second-order valence-corrected chi connectivity index (χ2v) is 4.84. The van der Waals surface area contributed by atoms with Crippen molar-refractivity contribution in [3.8, 4) is 6.07 Å².